The van der Waals surface area contributed by atoms with Gasteiger partial charge in [-0.1, -0.05) is 41.4 Å². The summed E-state index contributed by atoms with van der Waals surface area (Å²) in [7, 11) is 0. The molecule has 0 saturated carbocycles. The number of nitrogens with two attached hydrogens (primary N) is 1. The van der Waals surface area contributed by atoms with Crippen molar-refractivity contribution in [1.82, 2.24) is 5.43 Å². The van der Waals surface area contributed by atoms with E-state index < -0.39 is 6.03 Å². The summed E-state index contributed by atoms with van der Waals surface area (Å²) >= 11 is 5.97. The third-order valence-electron chi connectivity index (χ3n) is 2.83. The Bertz CT molecular complexity index is 702. The van der Waals surface area contributed by atoms with E-state index in [9.17, 15) is 4.79 Å². The van der Waals surface area contributed by atoms with Crippen LogP contribution in [0, 0.1) is 6.92 Å². The van der Waals surface area contributed by atoms with Crippen LogP contribution in [0.5, 0.6) is 5.75 Å². The molecule has 5 nitrogen and oxygen atoms in total. The Hall–Kier alpha value is -2.53. The molecule has 0 aliphatic rings. The Kier molecular flexibility index (Phi) is 5.38. The molecule has 0 unspecified atom stereocenters. The number of amides is 2. The number of benzene rings is 2. The molecule has 0 aliphatic heterocycles. The topological polar surface area (TPSA) is 76.7 Å². The second-order valence-electron chi connectivity index (χ2n) is 4.69. The van der Waals surface area contributed by atoms with E-state index in [0.717, 1.165) is 5.56 Å². The minimum atomic E-state index is -0.736. The van der Waals surface area contributed by atoms with Crippen molar-refractivity contribution in [3.8, 4) is 5.75 Å². The molecule has 3 N–H and O–H groups in total. The van der Waals surface area contributed by atoms with E-state index in [0.29, 0.717) is 22.9 Å². The van der Waals surface area contributed by atoms with Crippen molar-refractivity contribution in [2.45, 2.75) is 13.5 Å². The predicted molar refractivity (Wildman–Crippen MR) is 87.3 cm³/mol. The molecule has 114 valence electrons. The minimum absolute atomic E-state index is 0.424. The second-order valence-corrected chi connectivity index (χ2v) is 5.13. The van der Waals surface area contributed by atoms with Crippen LogP contribution >= 0.6 is 11.6 Å². The van der Waals surface area contributed by atoms with Gasteiger partial charge < -0.3 is 10.5 Å². The number of rotatable bonds is 5. The zero-order valence-electron chi connectivity index (χ0n) is 12.0. The Morgan fingerprint density at radius 1 is 1.36 bits per heavy atom. The van der Waals surface area contributed by atoms with Crippen molar-refractivity contribution in [2.24, 2.45) is 10.8 Å². The lowest BCUT2D eigenvalue weighted by Gasteiger charge is -2.10. The monoisotopic (exact) mass is 317 g/mol. The first-order valence-corrected chi connectivity index (χ1v) is 6.99. The Balaban J connectivity index is 2.12. The van der Waals surface area contributed by atoms with Crippen molar-refractivity contribution >= 4 is 23.8 Å². The summed E-state index contributed by atoms with van der Waals surface area (Å²) in [6, 6.07) is 12.5. The number of aryl methyl sites for hydroxylation is 1. The van der Waals surface area contributed by atoms with Gasteiger partial charge in [-0.3, -0.25) is 0 Å². The molecule has 0 spiro atoms. The molecule has 2 amide bonds. The summed E-state index contributed by atoms with van der Waals surface area (Å²) in [5.74, 6) is 0.612. The molecule has 0 aliphatic carbocycles. The van der Waals surface area contributed by atoms with Gasteiger partial charge in [0.15, 0.2) is 0 Å². The number of ether oxygens (including phenoxy) is 1. The van der Waals surface area contributed by atoms with Crippen molar-refractivity contribution in [3.05, 3.63) is 64.2 Å². The van der Waals surface area contributed by atoms with Crippen molar-refractivity contribution in [3.63, 3.8) is 0 Å². The molecule has 0 heterocycles. The van der Waals surface area contributed by atoms with E-state index in [1.54, 1.807) is 18.2 Å². The molecule has 2 aromatic rings. The fraction of sp³-hybridized carbons (Fsp3) is 0.125. The van der Waals surface area contributed by atoms with Crippen LogP contribution in [-0.2, 0) is 6.61 Å². The number of carbonyl (C=O) groups is 1. The highest BCUT2D eigenvalue weighted by Gasteiger charge is 2.04. The van der Waals surface area contributed by atoms with Gasteiger partial charge in [0.1, 0.15) is 12.4 Å². The van der Waals surface area contributed by atoms with E-state index in [1.165, 1.54) is 11.8 Å². The molecule has 0 saturated heterocycles. The molecule has 0 bridgehead atoms. The maximum atomic E-state index is 10.6. The summed E-state index contributed by atoms with van der Waals surface area (Å²) < 4.78 is 5.80. The smallest absolute Gasteiger partial charge is 0.332 e. The molecule has 0 atom stereocenters. The van der Waals surface area contributed by atoms with E-state index in [-0.39, 0.29) is 0 Å². The highest BCUT2D eigenvalue weighted by Crippen LogP contribution is 2.22. The van der Waals surface area contributed by atoms with E-state index in [1.807, 2.05) is 25.1 Å². The molecule has 2 aromatic carbocycles. The molecule has 2 rings (SSSR count). The average molecular weight is 318 g/mol. The summed E-state index contributed by atoms with van der Waals surface area (Å²) in [6.07, 6.45) is 1.43. The number of urea groups is 1. The van der Waals surface area contributed by atoms with Crippen molar-refractivity contribution in [1.29, 1.82) is 0 Å². The van der Waals surface area contributed by atoms with Gasteiger partial charge in [0, 0.05) is 10.6 Å². The first kappa shape index (κ1) is 15.9. The van der Waals surface area contributed by atoms with Crippen LogP contribution in [0.15, 0.2) is 47.6 Å². The lowest BCUT2D eigenvalue weighted by molar-refractivity contribution is 0.249. The molecule has 0 aromatic heterocycles. The summed E-state index contributed by atoms with van der Waals surface area (Å²) in [5, 5.41) is 4.27. The van der Waals surface area contributed by atoms with Gasteiger partial charge >= 0.3 is 6.03 Å². The zero-order chi connectivity index (χ0) is 15.9. The van der Waals surface area contributed by atoms with E-state index >= 15 is 0 Å². The Morgan fingerprint density at radius 2 is 2.18 bits per heavy atom. The van der Waals surface area contributed by atoms with Gasteiger partial charge in [0.25, 0.3) is 0 Å². The predicted octanol–water partition coefficient (Wildman–Crippen LogP) is 3.23. The first-order valence-electron chi connectivity index (χ1n) is 6.61. The third kappa shape index (κ3) is 4.79. The van der Waals surface area contributed by atoms with Gasteiger partial charge in [-0.25, -0.2) is 10.2 Å². The second kappa shape index (κ2) is 7.47. The molecule has 0 fully saturated rings. The number of primary amides is 1. The maximum Gasteiger partial charge on any atom is 0.332 e. The normalized spacial score (nSPS) is 10.6. The van der Waals surface area contributed by atoms with E-state index in [4.69, 9.17) is 22.1 Å². The van der Waals surface area contributed by atoms with Crippen LogP contribution < -0.4 is 15.9 Å². The SMILES string of the molecule is Cc1cccc(COc2ccc(Cl)cc2C=NNC(N)=O)c1. The zero-order valence-corrected chi connectivity index (χ0v) is 12.8. The summed E-state index contributed by atoms with van der Waals surface area (Å²) in [5.41, 5.74) is 9.97. The molecular weight excluding hydrogens is 302 g/mol. The van der Waals surface area contributed by atoms with E-state index in [2.05, 4.69) is 16.6 Å². The molecule has 6 heteroatoms. The molecule has 0 radical (unpaired) electrons. The fourth-order valence-corrected chi connectivity index (χ4v) is 2.06. The minimum Gasteiger partial charge on any atom is -0.488 e. The van der Waals surface area contributed by atoms with Gasteiger partial charge in [-0.2, -0.15) is 5.10 Å². The van der Waals surface area contributed by atoms with Crippen LogP contribution in [0.25, 0.3) is 0 Å². The fourth-order valence-electron chi connectivity index (χ4n) is 1.88. The third-order valence-corrected chi connectivity index (χ3v) is 3.06. The van der Waals surface area contributed by atoms with Crippen LogP contribution in [-0.4, -0.2) is 12.2 Å². The van der Waals surface area contributed by atoms with Crippen molar-refractivity contribution < 1.29 is 9.53 Å². The van der Waals surface area contributed by atoms with Gasteiger partial charge in [-0.15, -0.1) is 0 Å². The summed E-state index contributed by atoms with van der Waals surface area (Å²) in [4.78, 5) is 10.6. The highest BCUT2D eigenvalue weighted by molar-refractivity contribution is 6.30. The number of hydrogen-bond acceptors (Lipinski definition) is 3. The van der Waals surface area contributed by atoms with Gasteiger partial charge in [0.2, 0.25) is 0 Å². The van der Waals surface area contributed by atoms with Crippen LogP contribution in [0.4, 0.5) is 4.79 Å². The number of hydrazone groups is 1. The number of nitrogens with one attached hydrogen (secondary N) is 1. The lowest BCUT2D eigenvalue weighted by atomic mass is 10.1. The first-order chi connectivity index (χ1) is 10.5. The van der Waals surface area contributed by atoms with Gasteiger partial charge in [0.05, 0.1) is 6.21 Å². The number of carbonyl (C=O) groups excluding carboxylic acids is 1. The standard InChI is InChI=1S/C16H16ClN3O2/c1-11-3-2-4-12(7-11)10-22-15-6-5-14(17)8-13(15)9-19-20-16(18)21/h2-9H,10H2,1H3,(H3,18,20,21). The quantitative estimate of drug-likeness (QED) is 0.656. The van der Waals surface area contributed by atoms with Crippen LogP contribution in [0.3, 0.4) is 0 Å². The number of nitrogens with zero attached hydrogens (tertiary/aromatic N) is 1. The average Bonchev–Trinajstić information content (AvgIpc) is 2.46. The maximum absolute atomic E-state index is 10.6. The highest BCUT2D eigenvalue weighted by atomic mass is 35.5. The largest absolute Gasteiger partial charge is 0.488 e. The Labute approximate surface area is 133 Å². The molecular formula is C16H16ClN3O2. The van der Waals surface area contributed by atoms with Crippen LogP contribution in [0.1, 0.15) is 16.7 Å². The van der Waals surface area contributed by atoms with Crippen LogP contribution in [0.2, 0.25) is 5.02 Å². The van der Waals surface area contributed by atoms with Gasteiger partial charge in [-0.05, 0) is 30.7 Å². The summed E-state index contributed by atoms with van der Waals surface area (Å²) in [6.45, 7) is 2.45. The molecule has 22 heavy (non-hydrogen) atoms. The van der Waals surface area contributed by atoms with Crippen molar-refractivity contribution in [2.75, 3.05) is 0 Å². The Morgan fingerprint density at radius 3 is 2.91 bits per heavy atom. The lowest BCUT2D eigenvalue weighted by Crippen LogP contribution is -2.24. The number of hydrogen-bond donors (Lipinski definition) is 2. The number of halogens is 1.